The Morgan fingerprint density at radius 3 is 3.24 bits per heavy atom. The third-order valence-electron chi connectivity index (χ3n) is 2.53. The molecule has 0 saturated carbocycles. The number of hydrogen-bond acceptors (Lipinski definition) is 4. The number of rotatable bonds is 3. The van der Waals surface area contributed by atoms with Gasteiger partial charge in [0.15, 0.2) is 5.82 Å². The molecule has 3 aromatic rings. The van der Waals surface area contributed by atoms with Gasteiger partial charge in [0, 0.05) is 30.7 Å². The molecular formula is C11H12N6. The van der Waals surface area contributed by atoms with Crippen LogP contribution in [-0.2, 0) is 6.54 Å². The van der Waals surface area contributed by atoms with Gasteiger partial charge in [0.05, 0.1) is 11.9 Å². The van der Waals surface area contributed by atoms with Crippen LogP contribution in [0.3, 0.4) is 0 Å². The molecule has 0 aliphatic heterocycles. The van der Waals surface area contributed by atoms with Gasteiger partial charge in [-0.2, -0.15) is 10.2 Å². The predicted molar refractivity (Wildman–Crippen MR) is 63.6 cm³/mol. The summed E-state index contributed by atoms with van der Waals surface area (Å²) in [6.07, 6.45) is 7.21. The summed E-state index contributed by atoms with van der Waals surface area (Å²) in [4.78, 5) is 4.32. The van der Waals surface area contributed by atoms with Crippen molar-refractivity contribution in [3.63, 3.8) is 0 Å². The Balaban J connectivity index is 1.89. The van der Waals surface area contributed by atoms with Crippen LogP contribution in [0.2, 0.25) is 0 Å². The molecule has 6 heteroatoms. The van der Waals surface area contributed by atoms with E-state index in [0.717, 1.165) is 22.6 Å². The molecular weight excluding hydrogens is 216 g/mol. The Kier molecular flexibility index (Phi) is 2.25. The number of nitrogens with zero attached hydrogens (tertiary/aromatic N) is 4. The maximum atomic E-state index is 4.34. The first-order valence-electron chi connectivity index (χ1n) is 5.35. The van der Waals surface area contributed by atoms with Gasteiger partial charge in [0.1, 0.15) is 5.52 Å². The Bertz CT molecular complexity index is 625. The fourth-order valence-electron chi connectivity index (χ4n) is 1.74. The molecule has 3 aromatic heterocycles. The molecule has 0 bridgehead atoms. The second-order valence-electron chi connectivity index (χ2n) is 3.85. The number of fused-ring (bicyclic) bond motifs is 1. The number of nitrogens with one attached hydrogen (secondary N) is 2. The molecule has 2 N–H and O–H groups in total. The summed E-state index contributed by atoms with van der Waals surface area (Å²) in [7, 11) is 0. The van der Waals surface area contributed by atoms with Crippen molar-refractivity contribution in [2.45, 2.75) is 13.5 Å². The van der Waals surface area contributed by atoms with Crippen molar-refractivity contribution in [2.75, 3.05) is 5.32 Å². The Labute approximate surface area is 97.7 Å². The first-order chi connectivity index (χ1) is 8.33. The minimum absolute atomic E-state index is 0.688. The van der Waals surface area contributed by atoms with E-state index in [0.29, 0.717) is 6.54 Å². The van der Waals surface area contributed by atoms with Crippen LogP contribution in [0.15, 0.2) is 30.9 Å². The molecule has 0 saturated heterocycles. The van der Waals surface area contributed by atoms with Gasteiger partial charge in [0.2, 0.25) is 0 Å². The molecule has 0 unspecified atom stereocenters. The largest absolute Gasteiger partial charge is 0.364 e. The van der Waals surface area contributed by atoms with Crippen LogP contribution < -0.4 is 5.32 Å². The molecule has 0 amide bonds. The van der Waals surface area contributed by atoms with E-state index < -0.39 is 0 Å². The highest BCUT2D eigenvalue weighted by molar-refractivity contribution is 5.67. The summed E-state index contributed by atoms with van der Waals surface area (Å²) in [5, 5.41) is 14.3. The van der Waals surface area contributed by atoms with E-state index in [2.05, 4.69) is 25.6 Å². The summed E-state index contributed by atoms with van der Waals surface area (Å²) in [6.45, 7) is 2.65. The first kappa shape index (κ1) is 9.83. The molecule has 0 atom stereocenters. The molecule has 0 aromatic carbocycles. The monoisotopic (exact) mass is 228 g/mol. The molecule has 3 rings (SSSR count). The first-order valence-corrected chi connectivity index (χ1v) is 5.35. The van der Waals surface area contributed by atoms with Gasteiger partial charge >= 0.3 is 0 Å². The van der Waals surface area contributed by atoms with Crippen LogP contribution in [0.4, 0.5) is 5.82 Å². The minimum atomic E-state index is 0.688. The zero-order valence-electron chi connectivity index (χ0n) is 9.38. The van der Waals surface area contributed by atoms with Gasteiger partial charge in [-0.1, -0.05) is 0 Å². The maximum Gasteiger partial charge on any atom is 0.152 e. The number of aromatic nitrogens is 5. The molecule has 0 fully saturated rings. The van der Waals surface area contributed by atoms with E-state index >= 15 is 0 Å². The van der Waals surface area contributed by atoms with Crippen LogP contribution in [0.25, 0.3) is 5.52 Å². The molecule has 0 spiro atoms. The standard InChI is InChI=1S/C11H12N6/c1-8-4-10-11(12-2-3-17(10)16-8)13-5-9-6-14-15-7-9/h2-4,6-7H,5H2,1H3,(H,12,13)(H,14,15). The maximum absolute atomic E-state index is 4.34. The molecule has 0 aliphatic carbocycles. The molecule has 6 nitrogen and oxygen atoms in total. The van der Waals surface area contributed by atoms with Crippen molar-refractivity contribution in [1.29, 1.82) is 0 Å². The van der Waals surface area contributed by atoms with Crippen molar-refractivity contribution in [3.05, 3.63) is 42.1 Å². The second kappa shape index (κ2) is 3.89. The van der Waals surface area contributed by atoms with Crippen LogP contribution in [-0.4, -0.2) is 24.8 Å². The van der Waals surface area contributed by atoms with Crippen molar-refractivity contribution in [3.8, 4) is 0 Å². The van der Waals surface area contributed by atoms with Gasteiger partial charge in [-0.05, 0) is 13.0 Å². The number of hydrogen-bond donors (Lipinski definition) is 2. The molecule has 3 heterocycles. The molecule has 17 heavy (non-hydrogen) atoms. The van der Waals surface area contributed by atoms with Gasteiger partial charge in [-0.25, -0.2) is 9.50 Å². The highest BCUT2D eigenvalue weighted by Crippen LogP contribution is 2.15. The number of anilines is 1. The Morgan fingerprint density at radius 2 is 2.41 bits per heavy atom. The van der Waals surface area contributed by atoms with E-state index in [1.807, 2.05) is 29.9 Å². The van der Waals surface area contributed by atoms with Crippen molar-refractivity contribution >= 4 is 11.3 Å². The van der Waals surface area contributed by atoms with Crippen LogP contribution in [0.1, 0.15) is 11.3 Å². The van der Waals surface area contributed by atoms with Crippen molar-refractivity contribution < 1.29 is 0 Å². The van der Waals surface area contributed by atoms with Crippen LogP contribution >= 0.6 is 0 Å². The van der Waals surface area contributed by atoms with Gasteiger partial charge in [-0.15, -0.1) is 0 Å². The number of aryl methyl sites for hydroxylation is 1. The highest BCUT2D eigenvalue weighted by Gasteiger charge is 2.04. The molecule has 86 valence electrons. The third kappa shape index (κ3) is 1.84. The summed E-state index contributed by atoms with van der Waals surface area (Å²) in [5.41, 5.74) is 3.04. The van der Waals surface area contributed by atoms with Gasteiger partial charge in [0.25, 0.3) is 0 Å². The Hall–Kier alpha value is -2.37. The quantitative estimate of drug-likeness (QED) is 0.710. The van der Waals surface area contributed by atoms with E-state index in [-0.39, 0.29) is 0 Å². The van der Waals surface area contributed by atoms with E-state index in [1.165, 1.54) is 0 Å². The summed E-state index contributed by atoms with van der Waals surface area (Å²) >= 11 is 0. The third-order valence-corrected chi connectivity index (χ3v) is 2.53. The topological polar surface area (TPSA) is 70.9 Å². The van der Waals surface area contributed by atoms with Crippen LogP contribution in [0.5, 0.6) is 0 Å². The molecule has 0 radical (unpaired) electrons. The fourth-order valence-corrected chi connectivity index (χ4v) is 1.74. The number of H-pyrrole nitrogens is 1. The zero-order valence-corrected chi connectivity index (χ0v) is 9.38. The highest BCUT2D eigenvalue weighted by atomic mass is 15.2. The Morgan fingerprint density at radius 1 is 1.47 bits per heavy atom. The SMILES string of the molecule is Cc1cc2c(NCc3cn[nH]c3)nccn2n1. The van der Waals surface area contributed by atoms with Crippen LogP contribution in [0, 0.1) is 6.92 Å². The summed E-state index contributed by atoms with van der Waals surface area (Å²) < 4.78 is 1.82. The normalized spacial score (nSPS) is 10.9. The summed E-state index contributed by atoms with van der Waals surface area (Å²) in [6, 6.07) is 2.00. The van der Waals surface area contributed by atoms with E-state index in [4.69, 9.17) is 0 Å². The fraction of sp³-hybridized carbons (Fsp3) is 0.182. The molecule has 0 aliphatic rings. The lowest BCUT2D eigenvalue weighted by molar-refractivity contribution is 0.920. The number of aromatic amines is 1. The lowest BCUT2D eigenvalue weighted by atomic mass is 10.3. The van der Waals surface area contributed by atoms with Gasteiger partial charge < -0.3 is 5.32 Å². The predicted octanol–water partition coefficient (Wildman–Crippen LogP) is 1.37. The van der Waals surface area contributed by atoms with Crippen molar-refractivity contribution in [1.82, 2.24) is 24.8 Å². The smallest absolute Gasteiger partial charge is 0.152 e. The average molecular weight is 228 g/mol. The lowest BCUT2D eigenvalue weighted by Gasteiger charge is -2.04. The average Bonchev–Trinajstić information content (AvgIpc) is 2.93. The minimum Gasteiger partial charge on any atom is -0.364 e. The second-order valence-corrected chi connectivity index (χ2v) is 3.85. The van der Waals surface area contributed by atoms with Gasteiger partial charge in [-0.3, -0.25) is 5.10 Å². The van der Waals surface area contributed by atoms with E-state index in [9.17, 15) is 0 Å². The lowest BCUT2D eigenvalue weighted by Crippen LogP contribution is -2.02. The van der Waals surface area contributed by atoms with Crippen molar-refractivity contribution in [2.24, 2.45) is 0 Å². The summed E-state index contributed by atoms with van der Waals surface area (Å²) in [5.74, 6) is 0.828. The van der Waals surface area contributed by atoms with E-state index in [1.54, 1.807) is 12.4 Å². The zero-order chi connectivity index (χ0) is 11.7.